The van der Waals surface area contributed by atoms with Gasteiger partial charge in [-0.15, -0.1) is 0 Å². The summed E-state index contributed by atoms with van der Waals surface area (Å²) < 4.78 is 24.8. The number of hydrogen-bond donors (Lipinski definition) is 2. The van der Waals surface area contributed by atoms with Gasteiger partial charge in [0.2, 0.25) is 0 Å². The molecule has 0 aliphatic rings. The molecule has 13 heavy (non-hydrogen) atoms. The van der Waals surface area contributed by atoms with Crippen LogP contribution in [0.1, 0.15) is 23.2 Å². The first-order valence-electron chi connectivity index (χ1n) is 3.70. The lowest BCUT2D eigenvalue weighted by molar-refractivity contribution is 0.150. The van der Waals surface area contributed by atoms with Gasteiger partial charge in [0.15, 0.2) is 0 Å². The summed E-state index contributed by atoms with van der Waals surface area (Å²) >= 11 is 0. The Morgan fingerprint density at radius 3 is 2.69 bits per heavy atom. The highest BCUT2D eigenvalue weighted by Crippen LogP contribution is 2.29. The van der Waals surface area contributed by atoms with Crippen LogP contribution < -0.4 is 5.73 Å². The van der Waals surface area contributed by atoms with Crippen molar-refractivity contribution in [1.82, 2.24) is 4.98 Å². The van der Waals surface area contributed by atoms with E-state index in [0.29, 0.717) is 0 Å². The molecule has 0 aliphatic carbocycles. The van der Waals surface area contributed by atoms with E-state index < -0.39 is 6.43 Å². The number of nitrogens with two attached hydrogens (primary N) is 1. The fourth-order valence-corrected chi connectivity index (χ4v) is 1.08. The molecule has 5 heteroatoms. The van der Waals surface area contributed by atoms with Crippen LogP contribution in [0.5, 0.6) is 0 Å². The van der Waals surface area contributed by atoms with Gasteiger partial charge >= 0.3 is 0 Å². The molecule has 0 unspecified atom stereocenters. The number of aliphatic hydroxyl groups excluding tert-OH is 1. The predicted octanol–water partition coefficient (Wildman–Crippen LogP) is 1.40. The molecule has 0 fully saturated rings. The van der Waals surface area contributed by atoms with Gasteiger partial charge in [0.25, 0.3) is 6.43 Å². The van der Waals surface area contributed by atoms with Crippen molar-refractivity contribution < 1.29 is 13.9 Å². The number of aromatic nitrogens is 1. The molecule has 0 radical (unpaired) electrons. The van der Waals surface area contributed by atoms with Crippen LogP contribution in [-0.2, 0) is 6.61 Å². The Morgan fingerprint density at radius 1 is 1.62 bits per heavy atom. The zero-order valence-corrected chi connectivity index (χ0v) is 7.09. The molecule has 3 N–H and O–H groups in total. The highest BCUT2D eigenvalue weighted by molar-refractivity contribution is 5.54. The Kier molecular flexibility index (Phi) is 2.77. The van der Waals surface area contributed by atoms with Crippen LogP contribution in [0.2, 0.25) is 0 Å². The minimum atomic E-state index is -2.65. The summed E-state index contributed by atoms with van der Waals surface area (Å²) in [5.41, 5.74) is 5.50. The van der Waals surface area contributed by atoms with Crippen molar-refractivity contribution in [3.8, 4) is 0 Å². The van der Waals surface area contributed by atoms with Crippen molar-refractivity contribution >= 4 is 5.69 Å². The number of aryl methyl sites for hydroxylation is 1. The van der Waals surface area contributed by atoms with E-state index in [0.717, 1.165) is 0 Å². The summed E-state index contributed by atoms with van der Waals surface area (Å²) in [6.07, 6.45) is -1.35. The van der Waals surface area contributed by atoms with Crippen molar-refractivity contribution in [3.63, 3.8) is 0 Å². The summed E-state index contributed by atoms with van der Waals surface area (Å²) in [5.74, 6) is 0. The lowest BCUT2D eigenvalue weighted by Crippen LogP contribution is -2.04. The molecule has 0 spiro atoms. The van der Waals surface area contributed by atoms with Crippen molar-refractivity contribution in [2.24, 2.45) is 0 Å². The highest BCUT2D eigenvalue weighted by atomic mass is 19.3. The average Bonchev–Trinajstić information content (AvgIpc) is 2.04. The molecular formula is C8H10F2N2O. The van der Waals surface area contributed by atoms with E-state index in [2.05, 4.69) is 4.98 Å². The van der Waals surface area contributed by atoms with Crippen LogP contribution in [0, 0.1) is 6.92 Å². The minimum Gasteiger partial charge on any atom is -0.398 e. The quantitative estimate of drug-likeness (QED) is 0.737. The number of alkyl halides is 2. The second-order valence-electron chi connectivity index (χ2n) is 2.66. The lowest BCUT2D eigenvalue weighted by Gasteiger charge is -2.10. The average molecular weight is 188 g/mol. The fourth-order valence-electron chi connectivity index (χ4n) is 1.08. The third-order valence-corrected chi connectivity index (χ3v) is 1.83. The smallest absolute Gasteiger partial charge is 0.267 e. The van der Waals surface area contributed by atoms with E-state index in [9.17, 15) is 8.78 Å². The van der Waals surface area contributed by atoms with E-state index in [1.54, 1.807) is 0 Å². The van der Waals surface area contributed by atoms with E-state index in [-0.39, 0.29) is 29.1 Å². The molecule has 0 saturated carbocycles. The topological polar surface area (TPSA) is 59.1 Å². The minimum absolute atomic E-state index is 0.0648. The van der Waals surface area contributed by atoms with Gasteiger partial charge in [-0.2, -0.15) is 0 Å². The number of aliphatic hydroxyl groups is 1. The first kappa shape index (κ1) is 9.85. The number of anilines is 1. The first-order chi connectivity index (χ1) is 6.07. The summed E-state index contributed by atoms with van der Waals surface area (Å²) in [6.45, 7) is 1.08. The second-order valence-corrected chi connectivity index (χ2v) is 2.66. The SMILES string of the molecule is Cc1ncc(CO)c(N)c1C(F)F. The lowest BCUT2D eigenvalue weighted by atomic mass is 10.1. The van der Waals surface area contributed by atoms with Crippen molar-refractivity contribution in [1.29, 1.82) is 0 Å². The molecule has 1 aromatic heterocycles. The summed E-state index contributed by atoms with van der Waals surface area (Å²) in [7, 11) is 0. The van der Waals surface area contributed by atoms with Crippen LogP contribution in [0.4, 0.5) is 14.5 Å². The summed E-state index contributed by atoms with van der Waals surface area (Å²) in [6, 6.07) is 0. The maximum atomic E-state index is 12.4. The van der Waals surface area contributed by atoms with E-state index in [4.69, 9.17) is 10.8 Å². The fraction of sp³-hybridized carbons (Fsp3) is 0.375. The number of nitrogens with zero attached hydrogens (tertiary/aromatic N) is 1. The van der Waals surface area contributed by atoms with Gasteiger partial charge in [-0.05, 0) is 6.92 Å². The molecule has 1 aromatic rings. The Bertz CT molecular complexity index is 315. The first-order valence-corrected chi connectivity index (χ1v) is 3.70. The van der Waals surface area contributed by atoms with Crippen molar-refractivity contribution in [3.05, 3.63) is 23.0 Å². The Balaban J connectivity index is 3.30. The molecule has 0 saturated heterocycles. The number of halogens is 2. The molecule has 0 aromatic carbocycles. The number of pyridine rings is 1. The Labute approximate surface area is 74.2 Å². The van der Waals surface area contributed by atoms with Crippen LogP contribution in [0.25, 0.3) is 0 Å². The standard InChI is InChI=1S/C8H10F2N2O/c1-4-6(8(9)10)7(11)5(3-13)2-12-4/h2,8,13H,3H2,1H3,(H2,11,12). The highest BCUT2D eigenvalue weighted by Gasteiger charge is 2.17. The molecule has 1 rings (SSSR count). The second kappa shape index (κ2) is 3.66. The monoisotopic (exact) mass is 188 g/mol. The van der Waals surface area contributed by atoms with Crippen LogP contribution in [-0.4, -0.2) is 10.1 Å². The van der Waals surface area contributed by atoms with Crippen LogP contribution in [0.3, 0.4) is 0 Å². The van der Waals surface area contributed by atoms with Gasteiger partial charge in [0, 0.05) is 23.1 Å². The van der Waals surface area contributed by atoms with E-state index >= 15 is 0 Å². The third kappa shape index (κ3) is 1.75. The van der Waals surface area contributed by atoms with E-state index in [1.165, 1.54) is 13.1 Å². The molecule has 0 amide bonds. The maximum absolute atomic E-state index is 12.4. The summed E-state index contributed by atoms with van der Waals surface area (Å²) in [4.78, 5) is 3.71. The number of hydrogen-bond acceptors (Lipinski definition) is 3. The molecule has 0 bridgehead atoms. The molecular weight excluding hydrogens is 178 g/mol. The molecule has 1 heterocycles. The van der Waals surface area contributed by atoms with Gasteiger partial charge in [-0.1, -0.05) is 0 Å². The number of rotatable bonds is 2. The zero-order valence-electron chi connectivity index (χ0n) is 7.09. The number of nitrogen functional groups attached to an aromatic ring is 1. The van der Waals surface area contributed by atoms with Gasteiger partial charge in [0.1, 0.15) is 0 Å². The Morgan fingerprint density at radius 2 is 2.23 bits per heavy atom. The molecule has 3 nitrogen and oxygen atoms in total. The Hall–Kier alpha value is -1.23. The normalized spacial score (nSPS) is 10.8. The third-order valence-electron chi connectivity index (χ3n) is 1.83. The van der Waals surface area contributed by atoms with Gasteiger partial charge in [0.05, 0.1) is 12.2 Å². The van der Waals surface area contributed by atoms with E-state index in [1.807, 2.05) is 0 Å². The molecule has 0 aliphatic heterocycles. The predicted molar refractivity (Wildman–Crippen MR) is 44.3 cm³/mol. The largest absolute Gasteiger partial charge is 0.398 e. The van der Waals surface area contributed by atoms with Crippen LogP contribution in [0.15, 0.2) is 6.20 Å². The van der Waals surface area contributed by atoms with Gasteiger partial charge < -0.3 is 10.8 Å². The maximum Gasteiger partial charge on any atom is 0.267 e. The molecule has 0 atom stereocenters. The van der Waals surface area contributed by atoms with Gasteiger partial charge in [-0.3, -0.25) is 4.98 Å². The molecule has 72 valence electrons. The summed E-state index contributed by atoms with van der Waals surface area (Å²) in [5, 5.41) is 8.75. The zero-order chi connectivity index (χ0) is 10.0. The van der Waals surface area contributed by atoms with Crippen molar-refractivity contribution in [2.75, 3.05) is 5.73 Å². The van der Waals surface area contributed by atoms with Gasteiger partial charge in [-0.25, -0.2) is 8.78 Å². The van der Waals surface area contributed by atoms with Crippen molar-refractivity contribution in [2.45, 2.75) is 20.0 Å². The van der Waals surface area contributed by atoms with Crippen LogP contribution >= 0.6 is 0 Å².